The molecular formula is C27H42FN3O3. The molecule has 0 radical (unpaired) electrons. The number of carbonyl (C=O) groups is 1. The largest absolute Gasteiger partial charge is 0.399 e. The van der Waals surface area contributed by atoms with E-state index >= 15 is 4.39 Å². The van der Waals surface area contributed by atoms with Crippen molar-refractivity contribution in [3.63, 3.8) is 0 Å². The van der Waals surface area contributed by atoms with Gasteiger partial charge in [0.05, 0.1) is 11.4 Å². The number of halogens is 1. The Morgan fingerprint density at radius 3 is 2.68 bits per heavy atom. The molecule has 0 amide bonds. The highest BCUT2D eigenvalue weighted by atomic mass is 19.1. The van der Waals surface area contributed by atoms with Crippen molar-refractivity contribution in [2.24, 2.45) is 44.8 Å². The molecule has 0 spiro atoms. The Bertz CT molecular complexity index is 841. The number of hydrogen-bond donors (Lipinski definition) is 0. The molecule has 0 bridgehead atoms. The van der Waals surface area contributed by atoms with Gasteiger partial charge in [0.25, 0.3) is 0 Å². The summed E-state index contributed by atoms with van der Waals surface area (Å²) >= 11 is 0. The lowest BCUT2D eigenvalue weighted by Gasteiger charge is -2.60. The molecule has 0 aromatic rings. The average molecular weight is 476 g/mol. The van der Waals surface area contributed by atoms with Crippen LogP contribution in [0.1, 0.15) is 78.1 Å². The summed E-state index contributed by atoms with van der Waals surface area (Å²) in [5.41, 5.74) is 1.39. The van der Waals surface area contributed by atoms with E-state index in [2.05, 4.69) is 22.1 Å². The Morgan fingerprint density at radius 2 is 1.91 bits per heavy atom. The van der Waals surface area contributed by atoms with E-state index in [4.69, 9.17) is 9.68 Å². The molecule has 4 saturated carbocycles. The van der Waals surface area contributed by atoms with Crippen LogP contribution in [0.3, 0.4) is 0 Å². The topological polar surface area (TPSA) is 63.5 Å². The van der Waals surface area contributed by atoms with Crippen LogP contribution in [-0.4, -0.2) is 61.6 Å². The second-order valence-electron chi connectivity index (χ2n) is 12.0. The highest BCUT2D eigenvalue weighted by Crippen LogP contribution is 2.65. The molecule has 1 aliphatic heterocycles. The number of hydrogen-bond acceptors (Lipinski definition) is 6. The minimum atomic E-state index is -0.941. The van der Waals surface area contributed by atoms with E-state index < -0.39 is 11.6 Å². The predicted molar refractivity (Wildman–Crippen MR) is 131 cm³/mol. The highest BCUT2D eigenvalue weighted by Gasteiger charge is 2.65. The van der Waals surface area contributed by atoms with Gasteiger partial charge in [-0.25, -0.2) is 4.39 Å². The van der Waals surface area contributed by atoms with Gasteiger partial charge in [-0.2, -0.15) is 0 Å². The first-order valence-electron chi connectivity index (χ1n) is 13.5. The van der Waals surface area contributed by atoms with Gasteiger partial charge in [-0.3, -0.25) is 9.69 Å². The molecule has 1 heterocycles. The van der Waals surface area contributed by atoms with Gasteiger partial charge in [0, 0.05) is 24.3 Å². The smallest absolute Gasteiger partial charge is 0.139 e. The molecule has 6 nitrogen and oxygen atoms in total. The Morgan fingerprint density at radius 1 is 1.12 bits per heavy atom. The monoisotopic (exact) mass is 475 g/mol. The number of carbonyl (C=O) groups excluding carboxylic acids is 1. The van der Waals surface area contributed by atoms with Crippen molar-refractivity contribution in [3.05, 3.63) is 0 Å². The number of nitrogens with zero attached hydrogens (tertiary/aromatic N) is 3. The van der Waals surface area contributed by atoms with Crippen LogP contribution in [-0.2, 0) is 14.5 Å². The summed E-state index contributed by atoms with van der Waals surface area (Å²) in [7, 11) is 1.60. The van der Waals surface area contributed by atoms with E-state index in [0.717, 1.165) is 63.2 Å². The molecule has 190 valence electrons. The van der Waals surface area contributed by atoms with Crippen LogP contribution in [0.15, 0.2) is 10.3 Å². The fraction of sp³-hybridized carbons (Fsp3) is 0.889. The van der Waals surface area contributed by atoms with E-state index in [0.29, 0.717) is 19.4 Å². The predicted octanol–water partition coefficient (Wildman–Crippen LogP) is 5.02. The van der Waals surface area contributed by atoms with Crippen molar-refractivity contribution in [2.75, 3.05) is 33.4 Å². The second-order valence-corrected chi connectivity index (χ2v) is 12.0. The molecule has 5 fully saturated rings. The van der Waals surface area contributed by atoms with Crippen LogP contribution in [0.4, 0.5) is 4.39 Å². The SMILES string of the molecule is CO/N=C1\CC2C(C(F)C[C@]3(C)C(=O)CCC23)[C@@]2(C)CCC(=NOCCN3CCCCC3)CC12. The van der Waals surface area contributed by atoms with Gasteiger partial charge in [-0.15, -0.1) is 0 Å². The maximum absolute atomic E-state index is 15.9. The minimum absolute atomic E-state index is 0.0288. The summed E-state index contributed by atoms with van der Waals surface area (Å²) in [5, 5.41) is 9.02. The van der Waals surface area contributed by atoms with Crippen LogP contribution in [0.25, 0.3) is 0 Å². The fourth-order valence-corrected chi connectivity index (χ4v) is 8.50. The van der Waals surface area contributed by atoms with Gasteiger partial charge in [-0.1, -0.05) is 30.6 Å². The zero-order valence-corrected chi connectivity index (χ0v) is 21.2. The molecular weight excluding hydrogens is 433 g/mol. The van der Waals surface area contributed by atoms with Crippen molar-refractivity contribution < 1.29 is 18.9 Å². The van der Waals surface area contributed by atoms with Crippen LogP contribution in [0.2, 0.25) is 0 Å². The van der Waals surface area contributed by atoms with Gasteiger partial charge in [-0.05, 0) is 87.6 Å². The van der Waals surface area contributed by atoms with Gasteiger partial charge in [0.1, 0.15) is 25.7 Å². The Hall–Kier alpha value is -1.50. The molecule has 0 aromatic carbocycles. The molecule has 1 saturated heterocycles. The normalized spacial score (nSPS) is 45.1. The number of alkyl halides is 1. The zero-order chi connectivity index (χ0) is 23.9. The van der Waals surface area contributed by atoms with Crippen molar-refractivity contribution in [3.8, 4) is 0 Å². The van der Waals surface area contributed by atoms with E-state index in [1.54, 1.807) is 7.11 Å². The number of likely N-dealkylation sites (tertiary alicyclic amines) is 1. The van der Waals surface area contributed by atoms with Crippen molar-refractivity contribution >= 4 is 17.2 Å². The maximum atomic E-state index is 15.9. The molecule has 34 heavy (non-hydrogen) atoms. The quantitative estimate of drug-likeness (QED) is 0.414. The van der Waals surface area contributed by atoms with Gasteiger partial charge in [0.2, 0.25) is 0 Å². The first-order valence-corrected chi connectivity index (χ1v) is 13.5. The molecule has 0 N–H and O–H groups in total. The molecule has 4 aliphatic carbocycles. The first kappa shape index (κ1) is 24.2. The lowest BCUT2D eigenvalue weighted by Crippen LogP contribution is -2.60. The zero-order valence-electron chi connectivity index (χ0n) is 21.2. The third-order valence-electron chi connectivity index (χ3n) is 10.3. The molecule has 0 aromatic heterocycles. The molecule has 7 heteroatoms. The average Bonchev–Trinajstić information content (AvgIpc) is 3.11. The molecule has 5 rings (SSSR count). The fourth-order valence-electron chi connectivity index (χ4n) is 8.50. The lowest BCUT2D eigenvalue weighted by molar-refractivity contribution is -0.141. The third kappa shape index (κ3) is 4.10. The third-order valence-corrected chi connectivity index (χ3v) is 10.3. The summed E-state index contributed by atoms with van der Waals surface area (Å²) in [6, 6.07) is 0. The summed E-state index contributed by atoms with van der Waals surface area (Å²) in [6.07, 6.45) is 8.05. The summed E-state index contributed by atoms with van der Waals surface area (Å²) in [5.74, 6) is 0.765. The maximum Gasteiger partial charge on any atom is 0.139 e. The molecule has 5 unspecified atom stereocenters. The molecule has 7 atom stereocenters. The lowest BCUT2D eigenvalue weighted by atomic mass is 9.44. The van der Waals surface area contributed by atoms with Crippen LogP contribution in [0.5, 0.6) is 0 Å². The highest BCUT2D eigenvalue weighted by molar-refractivity contribution is 5.96. The van der Waals surface area contributed by atoms with E-state index in [1.165, 1.54) is 19.3 Å². The van der Waals surface area contributed by atoms with Crippen molar-refractivity contribution in [1.82, 2.24) is 4.90 Å². The minimum Gasteiger partial charge on any atom is -0.399 e. The van der Waals surface area contributed by atoms with Gasteiger partial charge >= 0.3 is 0 Å². The number of piperidine rings is 1. The second kappa shape index (κ2) is 9.51. The Balaban J connectivity index is 1.31. The number of fused-ring (bicyclic) bond motifs is 5. The summed E-state index contributed by atoms with van der Waals surface area (Å²) in [4.78, 5) is 26.2. The van der Waals surface area contributed by atoms with Crippen molar-refractivity contribution in [2.45, 2.75) is 84.2 Å². The van der Waals surface area contributed by atoms with E-state index in [9.17, 15) is 4.79 Å². The van der Waals surface area contributed by atoms with Crippen LogP contribution in [0, 0.1) is 34.5 Å². The van der Waals surface area contributed by atoms with Gasteiger partial charge < -0.3 is 9.68 Å². The number of rotatable bonds is 5. The van der Waals surface area contributed by atoms with Crippen molar-refractivity contribution in [1.29, 1.82) is 0 Å². The van der Waals surface area contributed by atoms with Crippen LogP contribution >= 0.6 is 0 Å². The Labute approximate surface area is 203 Å². The number of Topliss-reactive ketones (excluding diaryl/α,β-unsaturated/α-hetero) is 1. The first-order chi connectivity index (χ1) is 16.4. The summed E-state index contributed by atoms with van der Waals surface area (Å²) in [6.45, 7) is 8.16. The van der Waals surface area contributed by atoms with E-state index in [1.807, 2.05) is 6.92 Å². The Kier molecular flexibility index (Phi) is 6.77. The molecule has 5 aliphatic rings. The summed E-state index contributed by atoms with van der Waals surface area (Å²) < 4.78 is 15.9. The number of ketones is 1. The number of oxime groups is 2. The van der Waals surface area contributed by atoms with Gasteiger partial charge in [0.15, 0.2) is 0 Å². The standard InChI is InChI=1S/C27H42FN3O3/c1-26-10-9-18(29-34-14-13-31-11-5-4-6-12-31)15-21(26)23(30-33-3)16-19-20-7-8-24(32)27(20,2)17-22(28)25(19)26/h19-22,25H,4-17H2,1-3H3/b29-18?,30-23+/t19?,20?,21?,22?,25?,26-,27-/m0/s1. The van der Waals surface area contributed by atoms with E-state index in [-0.39, 0.29) is 34.9 Å². The van der Waals surface area contributed by atoms with Crippen LogP contribution < -0.4 is 0 Å².